The molecule has 0 unspecified atom stereocenters. The molecule has 30 heavy (non-hydrogen) atoms. The van der Waals surface area contributed by atoms with Crippen LogP contribution in [0.2, 0.25) is 0 Å². The number of non-ortho nitro benzene ring substituents is 1. The van der Waals surface area contributed by atoms with Gasteiger partial charge in [-0.3, -0.25) is 14.9 Å². The van der Waals surface area contributed by atoms with Crippen molar-refractivity contribution in [2.75, 3.05) is 26.9 Å². The number of nitro benzene ring substituents is 1. The number of amides is 1. The third kappa shape index (κ3) is 5.04. The van der Waals surface area contributed by atoms with E-state index in [0.29, 0.717) is 19.8 Å². The van der Waals surface area contributed by atoms with Gasteiger partial charge in [-0.2, -0.15) is 0 Å². The van der Waals surface area contributed by atoms with Crippen molar-refractivity contribution < 1.29 is 19.2 Å². The molecule has 0 bridgehead atoms. The molecule has 2 aromatic rings. The van der Waals surface area contributed by atoms with Gasteiger partial charge in [0.05, 0.1) is 12.0 Å². The predicted octanol–water partition coefficient (Wildman–Crippen LogP) is 3.79. The second kappa shape index (κ2) is 9.54. The summed E-state index contributed by atoms with van der Waals surface area (Å²) in [6.07, 6.45) is 4.67. The summed E-state index contributed by atoms with van der Waals surface area (Å²) in [6.45, 7) is 3.78. The van der Waals surface area contributed by atoms with Crippen molar-refractivity contribution >= 4 is 17.7 Å². The molecular weight excluding hydrogens is 384 g/mol. The summed E-state index contributed by atoms with van der Waals surface area (Å²) >= 11 is 0. The van der Waals surface area contributed by atoms with E-state index in [-0.39, 0.29) is 17.0 Å². The van der Waals surface area contributed by atoms with Crippen LogP contribution in [0.1, 0.15) is 29.5 Å². The van der Waals surface area contributed by atoms with Crippen LogP contribution in [-0.4, -0.2) is 37.7 Å². The number of methoxy groups -OCH3 is 1. The normalized spacial score (nSPS) is 15.7. The van der Waals surface area contributed by atoms with Crippen molar-refractivity contribution in [3.63, 3.8) is 0 Å². The first-order valence-electron chi connectivity index (χ1n) is 9.87. The van der Waals surface area contributed by atoms with Crippen molar-refractivity contribution in [1.29, 1.82) is 0 Å². The summed E-state index contributed by atoms with van der Waals surface area (Å²) in [5.41, 5.74) is 2.71. The third-order valence-electron chi connectivity index (χ3n) is 5.51. The van der Waals surface area contributed by atoms with Gasteiger partial charge in [-0.05, 0) is 49.6 Å². The van der Waals surface area contributed by atoms with Gasteiger partial charge in [-0.15, -0.1) is 0 Å². The summed E-state index contributed by atoms with van der Waals surface area (Å²) < 4.78 is 11.2. The Bertz CT molecular complexity index is 931. The van der Waals surface area contributed by atoms with Crippen molar-refractivity contribution in [2.45, 2.75) is 25.2 Å². The van der Waals surface area contributed by atoms with Crippen LogP contribution >= 0.6 is 0 Å². The Balaban J connectivity index is 1.72. The summed E-state index contributed by atoms with van der Waals surface area (Å²) in [7, 11) is 1.66. The van der Waals surface area contributed by atoms with Crippen molar-refractivity contribution in [3.05, 3.63) is 75.3 Å². The van der Waals surface area contributed by atoms with E-state index in [1.54, 1.807) is 25.3 Å². The lowest BCUT2D eigenvalue weighted by Gasteiger charge is -2.38. The molecular formula is C23H26N2O5. The molecule has 1 saturated heterocycles. The zero-order chi connectivity index (χ0) is 21.6. The van der Waals surface area contributed by atoms with E-state index in [9.17, 15) is 14.9 Å². The fourth-order valence-electron chi connectivity index (χ4n) is 3.73. The third-order valence-corrected chi connectivity index (χ3v) is 5.51. The van der Waals surface area contributed by atoms with Crippen molar-refractivity contribution in [2.24, 2.45) is 0 Å². The Morgan fingerprint density at radius 1 is 1.23 bits per heavy atom. The molecule has 0 aromatic heterocycles. The van der Waals surface area contributed by atoms with E-state index in [1.165, 1.54) is 18.2 Å². The summed E-state index contributed by atoms with van der Waals surface area (Å²) in [5, 5.41) is 13.8. The second-order valence-corrected chi connectivity index (χ2v) is 7.50. The number of aryl methyl sites for hydroxylation is 1. The lowest BCUT2D eigenvalue weighted by molar-refractivity contribution is -0.384. The zero-order valence-electron chi connectivity index (χ0n) is 17.2. The number of hydrogen-bond donors (Lipinski definition) is 1. The smallest absolute Gasteiger partial charge is 0.269 e. The van der Waals surface area contributed by atoms with Crippen molar-refractivity contribution in [1.82, 2.24) is 5.32 Å². The average molecular weight is 410 g/mol. The molecule has 1 aliphatic heterocycles. The first kappa shape index (κ1) is 21.5. The van der Waals surface area contributed by atoms with Crippen LogP contribution in [0.15, 0.2) is 48.5 Å². The highest BCUT2D eigenvalue weighted by atomic mass is 16.6. The standard InChI is InChI=1S/C23H26N2O5/c1-17-3-9-21(29-2)20(15-17)23(11-13-30-14-12-23)16-24-22(26)10-6-18-4-7-19(8-5-18)25(27)28/h3-10,15H,11-14,16H2,1-2H3,(H,24,26)/b10-6+. The van der Waals surface area contributed by atoms with Crippen LogP contribution in [0.5, 0.6) is 5.75 Å². The molecule has 0 atom stereocenters. The molecule has 7 heteroatoms. The minimum Gasteiger partial charge on any atom is -0.496 e. The van der Waals surface area contributed by atoms with Gasteiger partial charge in [0, 0.05) is 48.9 Å². The van der Waals surface area contributed by atoms with E-state index in [4.69, 9.17) is 9.47 Å². The number of nitrogens with zero attached hydrogens (tertiary/aromatic N) is 1. The van der Waals surface area contributed by atoms with Gasteiger partial charge < -0.3 is 14.8 Å². The Hall–Kier alpha value is -3.19. The molecule has 1 fully saturated rings. The fourth-order valence-corrected chi connectivity index (χ4v) is 3.73. The molecule has 3 rings (SSSR count). The molecule has 0 saturated carbocycles. The van der Waals surface area contributed by atoms with E-state index in [2.05, 4.69) is 11.4 Å². The number of benzene rings is 2. The maximum Gasteiger partial charge on any atom is 0.269 e. The minimum atomic E-state index is -0.451. The molecule has 1 aliphatic rings. The molecule has 0 spiro atoms. The van der Waals surface area contributed by atoms with Crippen LogP contribution < -0.4 is 10.1 Å². The lowest BCUT2D eigenvalue weighted by atomic mass is 9.73. The summed E-state index contributed by atoms with van der Waals surface area (Å²) in [6, 6.07) is 12.2. The van der Waals surface area contributed by atoms with E-state index in [0.717, 1.165) is 35.3 Å². The maximum absolute atomic E-state index is 12.5. The summed E-state index contributed by atoms with van der Waals surface area (Å²) in [4.78, 5) is 22.7. The average Bonchev–Trinajstić information content (AvgIpc) is 2.77. The monoisotopic (exact) mass is 410 g/mol. The number of rotatable bonds is 7. The van der Waals surface area contributed by atoms with E-state index < -0.39 is 4.92 Å². The Labute approximate surface area is 175 Å². The molecule has 1 amide bonds. The highest BCUT2D eigenvalue weighted by Crippen LogP contribution is 2.40. The summed E-state index contributed by atoms with van der Waals surface area (Å²) in [5.74, 6) is 0.601. The lowest BCUT2D eigenvalue weighted by Crippen LogP contribution is -2.44. The van der Waals surface area contributed by atoms with Crippen LogP contribution in [0.25, 0.3) is 6.08 Å². The number of carbonyl (C=O) groups excluding carboxylic acids is 1. The van der Waals surface area contributed by atoms with E-state index >= 15 is 0 Å². The Morgan fingerprint density at radius 2 is 1.93 bits per heavy atom. The zero-order valence-corrected chi connectivity index (χ0v) is 17.2. The van der Waals surface area contributed by atoms with Gasteiger partial charge in [0.15, 0.2) is 0 Å². The minimum absolute atomic E-state index is 0.0187. The number of nitro groups is 1. The molecule has 0 radical (unpaired) electrons. The van der Waals surface area contributed by atoms with Crippen LogP contribution in [0.3, 0.4) is 0 Å². The topological polar surface area (TPSA) is 90.7 Å². The molecule has 0 aliphatic carbocycles. The number of ether oxygens (including phenoxy) is 2. The van der Waals surface area contributed by atoms with Gasteiger partial charge in [0.2, 0.25) is 5.91 Å². The first-order valence-corrected chi connectivity index (χ1v) is 9.87. The highest BCUT2D eigenvalue weighted by Gasteiger charge is 2.37. The van der Waals surface area contributed by atoms with E-state index in [1.807, 2.05) is 19.1 Å². The second-order valence-electron chi connectivity index (χ2n) is 7.50. The molecule has 1 heterocycles. The predicted molar refractivity (Wildman–Crippen MR) is 115 cm³/mol. The van der Waals surface area contributed by atoms with Gasteiger partial charge in [-0.1, -0.05) is 17.7 Å². The largest absolute Gasteiger partial charge is 0.496 e. The molecule has 7 nitrogen and oxygen atoms in total. The number of carbonyl (C=O) groups is 1. The Morgan fingerprint density at radius 3 is 2.57 bits per heavy atom. The maximum atomic E-state index is 12.5. The number of nitrogens with one attached hydrogen (secondary N) is 1. The number of hydrogen-bond acceptors (Lipinski definition) is 5. The SMILES string of the molecule is COc1ccc(C)cc1C1(CNC(=O)/C=C/c2ccc([N+](=O)[O-])cc2)CCOCC1. The first-order chi connectivity index (χ1) is 14.4. The van der Waals surface area contributed by atoms with Gasteiger partial charge in [-0.25, -0.2) is 0 Å². The molecule has 1 N–H and O–H groups in total. The fraction of sp³-hybridized carbons (Fsp3) is 0.348. The van der Waals surface area contributed by atoms with Gasteiger partial charge in [0.25, 0.3) is 5.69 Å². The van der Waals surface area contributed by atoms with Gasteiger partial charge >= 0.3 is 0 Å². The Kier molecular flexibility index (Phi) is 6.84. The van der Waals surface area contributed by atoms with Crippen LogP contribution in [-0.2, 0) is 14.9 Å². The van der Waals surface area contributed by atoms with Crippen LogP contribution in [0, 0.1) is 17.0 Å². The van der Waals surface area contributed by atoms with Gasteiger partial charge in [0.1, 0.15) is 5.75 Å². The molecule has 158 valence electrons. The van der Waals surface area contributed by atoms with Crippen LogP contribution in [0.4, 0.5) is 5.69 Å². The molecule has 2 aromatic carbocycles. The highest BCUT2D eigenvalue weighted by molar-refractivity contribution is 5.91. The quantitative estimate of drug-likeness (QED) is 0.426. The van der Waals surface area contributed by atoms with Crippen molar-refractivity contribution in [3.8, 4) is 5.75 Å².